The van der Waals surface area contributed by atoms with Gasteiger partial charge in [-0.2, -0.15) is 0 Å². The number of benzene rings is 2. The minimum atomic E-state index is -0.168. The van der Waals surface area contributed by atoms with Gasteiger partial charge in [0.2, 0.25) is 5.91 Å². The van der Waals surface area contributed by atoms with Crippen LogP contribution in [0.1, 0.15) is 20.8 Å². The van der Waals surface area contributed by atoms with E-state index in [-0.39, 0.29) is 17.6 Å². The third-order valence-electron chi connectivity index (χ3n) is 4.75. The van der Waals surface area contributed by atoms with Crippen molar-refractivity contribution >= 4 is 52.2 Å². The second-order valence-corrected chi connectivity index (χ2v) is 9.59. The lowest BCUT2D eigenvalue weighted by Gasteiger charge is -2.10. The summed E-state index contributed by atoms with van der Waals surface area (Å²) in [6.07, 6.45) is 3.50. The van der Waals surface area contributed by atoms with Crippen LogP contribution in [0, 0.1) is 6.92 Å². The number of hydrogen-bond donors (Lipinski definition) is 2. The summed E-state index contributed by atoms with van der Waals surface area (Å²) < 4.78 is 1.88. The van der Waals surface area contributed by atoms with E-state index in [1.54, 1.807) is 35.7 Å². The van der Waals surface area contributed by atoms with E-state index in [2.05, 4.69) is 15.6 Å². The van der Waals surface area contributed by atoms with Crippen molar-refractivity contribution in [1.82, 2.24) is 14.9 Å². The highest BCUT2D eigenvalue weighted by molar-refractivity contribution is 7.99. The molecule has 2 aromatic heterocycles. The fraction of sp³-hybridized carbons (Fsp3) is 0.125. The van der Waals surface area contributed by atoms with Gasteiger partial charge in [-0.15, -0.1) is 11.3 Å². The molecule has 2 N–H and O–H groups in total. The first-order valence-corrected chi connectivity index (χ1v) is 12.4. The Labute approximate surface area is 205 Å². The van der Waals surface area contributed by atoms with E-state index in [0.717, 1.165) is 16.1 Å². The molecule has 0 unspecified atom stereocenters. The molecule has 0 saturated carbocycles. The van der Waals surface area contributed by atoms with Crippen LogP contribution in [0.25, 0.3) is 5.69 Å². The summed E-state index contributed by atoms with van der Waals surface area (Å²) in [4.78, 5) is 30.2. The summed E-state index contributed by atoms with van der Waals surface area (Å²) in [5.74, 6) is -0.107. The number of carbonyl (C=O) groups is 2. The van der Waals surface area contributed by atoms with Crippen LogP contribution in [0.3, 0.4) is 0 Å². The Morgan fingerprint density at radius 3 is 2.70 bits per heavy atom. The van der Waals surface area contributed by atoms with Crippen molar-refractivity contribution in [3.63, 3.8) is 0 Å². The molecule has 0 aliphatic carbocycles. The van der Waals surface area contributed by atoms with Crippen molar-refractivity contribution in [1.29, 1.82) is 0 Å². The van der Waals surface area contributed by atoms with Gasteiger partial charge in [-0.05, 0) is 60.3 Å². The number of aromatic nitrogens is 2. The van der Waals surface area contributed by atoms with Gasteiger partial charge in [-0.1, -0.05) is 35.5 Å². The van der Waals surface area contributed by atoms with E-state index in [0.29, 0.717) is 28.0 Å². The highest BCUT2D eigenvalue weighted by Crippen LogP contribution is 2.24. The Bertz CT molecular complexity index is 1250. The van der Waals surface area contributed by atoms with E-state index >= 15 is 0 Å². The highest BCUT2D eigenvalue weighted by Gasteiger charge is 2.12. The number of carbonyl (C=O) groups excluding carboxylic acids is 2. The molecule has 33 heavy (non-hydrogen) atoms. The number of amides is 2. The Hall–Kier alpha value is -3.07. The van der Waals surface area contributed by atoms with Gasteiger partial charge < -0.3 is 10.6 Å². The molecule has 4 rings (SSSR count). The van der Waals surface area contributed by atoms with E-state index < -0.39 is 0 Å². The fourth-order valence-corrected chi connectivity index (χ4v) is 4.79. The van der Waals surface area contributed by atoms with Gasteiger partial charge in [0.1, 0.15) is 0 Å². The maximum absolute atomic E-state index is 12.4. The van der Waals surface area contributed by atoms with Gasteiger partial charge in [0.25, 0.3) is 5.91 Å². The number of nitrogens with one attached hydrogen (secondary N) is 2. The minimum absolute atomic E-state index is 0.124. The summed E-state index contributed by atoms with van der Waals surface area (Å²) in [7, 11) is 0. The molecule has 2 heterocycles. The first-order chi connectivity index (χ1) is 16.0. The zero-order valence-corrected chi connectivity index (χ0v) is 20.1. The molecule has 0 bridgehead atoms. The van der Waals surface area contributed by atoms with Crippen LogP contribution < -0.4 is 10.6 Å². The summed E-state index contributed by atoms with van der Waals surface area (Å²) in [5, 5.41) is 8.92. The number of imidazole rings is 1. The van der Waals surface area contributed by atoms with Crippen molar-refractivity contribution in [2.75, 3.05) is 11.1 Å². The third kappa shape index (κ3) is 6.04. The Kier molecular flexibility index (Phi) is 7.49. The molecular weight excluding hydrogens is 476 g/mol. The van der Waals surface area contributed by atoms with Gasteiger partial charge in [0.15, 0.2) is 5.16 Å². The number of rotatable bonds is 8. The third-order valence-corrected chi connectivity index (χ3v) is 6.90. The van der Waals surface area contributed by atoms with Crippen LogP contribution >= 0.6 is 34.7 Å². The van der Waals surface area contributed by atoms with Crippen LogP contribution in [0.15, 0.2) is 77.5 Å². The fourth-order valence-electron chi connectivity index (χ4n) is 3.09. The maximum atomic E-state index is 12.4. The minimum Gasteiger partial charge on any atom is -0.347 e. The molecule has 0 saturated heterocycles. The maximum Gasteiger partial charge on any atom is 0.251 e. The van der Waals surface area contributed by atoms with E-state index in [9.17, 15) is 9.59 Å². The zero-order chi connectivity index (χ0) is 23.2. The van der Waals surface area contributed by atoms with Gasteiger partial charge in [-0.25, -0.2) is 4.98 Å². The predicted molar refractivity (Wildman–Crippen MR) is 135 cm³/mol. The number of thioether (sulfide) groups is 1. The lowest BCUT2D eigenvalue weighted by atomic mass is 10.2. The van der Waals surface area contributed by atoms with Crippen molar-refractivity contribution < 1.29 is 9.59 Å². The molecule has 0 radical (unpaired) electrons. The van der Waals surface area contributed by atoms with Gasteiger partial charge in [0, 0.05) is 28.5 Å². The molecule has 168 valence electrons. The van der Waals surface area contributed by atoms with Gasteiger partial charge in [0.05, 0.1) is 23.0 Å². The van der Waals surface area contributed by atoms with Crippen molar-refractivity contribution in [3.8, 4) is 5.69 Å². The van der Waals surface area contributed by atoms with Crippen LogP contribution in [0.5, 0.6) is 0 Å². The smallest absolute Gasteiger partial charge is 0.251 e. The average Bonchev–Trinajstić information content (AvgIpc) is 3.50. The quantitative estimate of drug-likeness (QED) is 0.313. The standard InChI is InChI=1S/C24H21ClN4O2S2/c1-16-4-9-21(20(25)13-16)28-22(30)15-33-24-26-10-11-29(24)18-7-5-17(6-8-18)23(31)27-14-19-3-2-12-32-19/h2-13H,14-15H2,1H3,(H,27,31)(H,28,30). The molecular formula is C24H21ClN4O2S2. The Balaban J connectivity index is 1.35. The number of halogens is 1. The predicted octanol–water partition coefficient (Wildman–Crippen LogP) is 5.56. The monoisotopic (exact) mass is 496 g/mol. The van der Waals surface area contributed by atoms with Crippen LogP contribution in [-0.4, -0.2) is 27.1 Å². The first-order valence-electron chi connectivity index (χ1n) is 10.1. The zero-order valence-electron chi connectivity index (χ0n) is 17.7. The van der Waals surface area contributed by atoms with Crippen molar-refractivity contribution in [3.05, 3.63) is 93.4 Å². The molecule has 0 aliphatic rings. The Morgan fingerprint density at radius 1 is 1.15 bits per heavy atom. The summed E-state index contributed by atoms with van der Waals surface area (Å²) in [5.41, 5.74) is 3.05. The lowest BCUT2D eigenvalue weighted by molar-refractivity contribution is -0.113. The Morgan fingerprint density at radius 2 is 1.97 bits per heavy atom. The number of thiophene rings is 1. The van der Waals surface area contributed by atoms with Crippen molar-refractivity contribution in [2.24, 2.45) is 0 Å². The van der Waals surface area contributed by atoms with Crippen LogP contribution in [0.2, 0.25) is 5.02 Å². The summed E-state index contributed by atoms with van der Waals surface area (Å²) in [6.45, 7) is 2.45. The van der Waals surface area contributed by atoms with E-state index in [1.807, 2.05) is 59.5 Å². The van der Waals surface area contributed by atoms with E-state index in [1.165, 1.54) is 11.8 Å². The van der Waals surface area contributed by atoms with Gasteiger partial charge in [-0.3, -0.25) is 14.2 Å². The van der Waals surface area contributed by atoms with E-state index in [4.69, 9.17) is 11.6 Å². The highest BCUT2D eigenvalue weighted by atomic mass is 35.5. The molecule has 0 fully saturated rings. The topological polar surface area (TPSA) is 76.0 Å². The number of hydrogen-bond acceptors (Lipinski definition) is 5. The number of aryl methyl sites for hydroxylation is 1. The molecule has 0 aliphatic heterocycles. The molecule has 2 aromatic carbocycles. The van der Waals surface area contributed by atoms with Crippen LogP contribution in [-0.2, 0) is 11.3 Å². The molecule has 0 spiro atoms. The second-order valence-electron chi connectivity index (χ2n) is 7.21. The molecule has 6 nitrogen and oxygen atoms in total. The SMILES string of the molecule is Cc1ccc(NC(=O)CSc2nccn2-c2ccc(C(=O)NCc3cccs3)cc2)c(Cl)c1. The second kappa shape index (κ2) is 10.7. The average molecular weight is 497 g/mol. The lowest BCUT2D eigenvalue weighted by Crippen LogP contribution is -2.22. The first kappa shape index (κ1) is 23.1. The van der Waals surface area contributed by atoms with Crippen LogP contribution in [0.4, 0.5) is 5.69 Å². The molecule has 0 atom stereocenters. The molecule has 9 heteroatoms. The summed E-state index contributed by atoms with van der Waals surface area (Å²) >= 11 is 9.12. The van der Waals surface area contributed by atoms with Crippen molar-refractivity contribution in [2.45, 2.75) is 18.6 Å². The number of anilines is 1. The largest absolute Gasteiger partial charge is 0.347 e. The normalized spacial score (nSPS) is 10.7. The molecule has 2 amide bonds. The van der Waals surface area contributed by atoms with Gasteiger partial charge >= 0.3 is 0 Å². The molecule has 4 aromatic rings. The summed E-state index contributed by atoms with van der Waals surface area (Å²) in [6, 6.07) is 16.7. The number of nitrogens with zero attached hydrogens (tertiary/aromatic N) is 2.